The molecular weight excluding hydrogens is 371 g/mol. The van der Waals surface area contributed by atoms with Crippen molar-refractivity contribution in [2.45, 2.75) is 17.1 Å². The van der Waals surface area contributed by atoms with Crippen LogP contribution in [0.2, 0.25) is 4.34 Å². The van der Waals surface area contributed by atoms with Gasteiger partial charge in [-0.3, -0.25) is 4.79 Å². The van der Waals surface area contributed by atoms with Gasteiger partial charge < -0.3 is 10.4 Å². The number of rotatable bonds is 6. The normalized spacial score (nSPS) is 19.6. The molecule has 2 N–H and O–H groups in total. The van der Waals surface area contributed by atoms with E-state index in [4.69, 9.17) is 16.7 Å². The van der Waals surface area contributed by atoms with Gasteiger partial charge in [-0.25, -0.2) is 8.42 Å². The van der Waals surface area contributed by atoms with E-state index in [2.05, 4.69) is 5.32 Å². The Hall–Kier alpha value is -0.380. The van der Waals surface area contributed by atoms with Crippen molar-refractivity contribution in [3.8, 4) is 0 Å². The van der Waals surface area contributed by atoms with Gasteiger partial charge in [0.2, 0.25) is 0 Å². The molecule has 1 aromatic rings. The molecular formula is C12H18Cl2N2O4S2. The van der Waals surface area contributed by atoms with E-state index in [1.807, 2.05) is 0 Å². The lowest BCUT2D eigenvalue weighted by atomic mass is 10.00. The van der Waals surface area contributed by atoms with E-state index >= 15 is 0 Å². The van der Waals surface area contributed by atoms with Crippen LogP contribution in [0, 0.1) is 5.92 Å². The molecule has 0 spiro atoms. The Morgan fingerprint density at radius 3 is 2.82 bits per heavy atom. The Labute approximate surface area is 144 Å². The molecule has 1 aliphatic rings. The molecule has 126 valence electrons. The molecule has 22 heavy (non-hydrogen) atoms. The summed E-state index contributed by atoms with van der Waals surface area (Å²) in [7, 11) is -3.49. The number of piperidine rings is 1. The maximum absolute atomic E-state index is 12.5. The third-order valence-corrected chi connectivity index (χ3v) is 6.90. The average molecular weight is 389 g/mol. The van der Waals surface area contributed by atoms with Crippen LogP contribution in [0.4, 0.5) is 0 Å². The Balaban J connectivity index is 0.00000242. The number of hydrogen-bond acceptors (Lipinski definition) is 5. The van der Waals surface area contributed by atoms with Crippen LogP contribution in [0.25, 0.3) is 0 Å². The number of halogens is 2. The summed E-state index contributed by atoms with van der Waals surface area (Å²) in [4.78, 5) is 10.5. The highest BCUT2D eigenvalue weighted by atomic mass is 35.5. The standard InChI is InChI=1S/C12H17ClN2O4S2.ClH/c13-10-3-4-12(20-10)21(18,19)15-5-1-2-9(8-15)6-14-7-11(16)17;/h3-4,9,14H,1-2,5-8H2,(H,16,17);1H. The fraction of sp³-hybridized carbons (Fsp3) is 0.583. The SMILES string of the molecule is Cl.O=C(O)CNCC1CCCN(S(=O)(=O)c2ccc(Cl)s2)C1. The van der Waals surface area contributed by atoms with Crippen molar-refractivity contribution in [2.75, 3.05) is 26.2 Å². The molecule has 0 radical (unpaired) electrons. The summed E-state index contributed by atoms with van der Waals surface area (Å²) in [5.74, 6) is -0.785. The topological polar surface area (TPSA) is 86.7 Å². The molecule has 1 fully saturated rings. The molecule has 6 nitrogen and oxygen atoms in total. The average Bonchev–Trinajstić information content (AvgIpc) is 2.86. The highest BCUT2D eigenvalue weighted by Gasteiger charge is 2.31. The van der Waals surface area contributed by atoms with E-state index < -0.39 is 16.0 Å². The van der Waals surface area contributed by atoms with Crippen LogP contribution >= 0.6 is 35.3 Å². The molecule has 0 amide bonds. The third-order valence-electron chi connectivity index (χ3n) is 3.33. The van der Waals surface area contributed by atoms with Gasteiger partial charge >= 0.3 is 5.97 Å². The van der Waals surface area contributed by atoms with Gasteiger partial charge in [0.25, 0.3) is 10.0 Å². The molecule has 0 bridgehead atoms. The van der Waals surface area contributed by atoms with Gasteiger partial charge in [-0.05, 0) is 37.4 Å². The minimum atomic E-state index is -3.49. The zero-order valence-electron chi connectivity index (χ0n) is 11.7. The molecule has 0 aromatic carbocycles. The van der Waals surface area contributed by atoms with Crippen LogP contribution in [-0.2, 0) is 14.8 Å². The maximum Gasteiger partial charge on any atom is 0.317 e. The number of hydrogen-bond donors (Lipinski definition) is 2. The summed E-state index contributed by atoms with van der Waals surface area (Å²) in [6, 6.07) is 3.10. The van der Waals surface area contributed by atoms with Crippen LogP contribution in [0.1, 0.15) is 12.8 Å². The van der Waals surface area contributed by atoms with Crippen LogP contribution in [-0.4, -0.2) is 50.0 Å². The fourth-order valence-electron chi connectivity index (χ4n) is 2.36. The van der Waals surface area contributed by atoms with Crippen LogP contribution in [0.3, 0.4) is 0 Å². The number of aliphatic carboxylic acids is 1. The summed E-state index contributed by atoms with van der Waals surface area (Å²) < 4.78 is 27.2. The Kier molecular flexibility index (Phi) is 7.57. The zero-order valence-corrected chi connectivity index (χ0v) is 14.9. The van der Waals surface area contributed by atoms with Crippen molar-refractivity contribution in [3.63, 3.8) is 0 Å². The van der Waals surface area contributed by atoms with Crippen LogP contribution in [0.5, 0.6) is 0 Å². The molecule has 0 saturated carbocycles. The van der Waals surface area contributed by atoms with Crippen molar-refractivity contribution in [1.82, 2.24) is 9.62 Å². The Bertz CT molecular complexity index is 606. The van der Waals surface area contributed by atoms with E-state index in [0.29, 0.717) is 24.0 Å². The zero-order chi connectivity index (χ0) is 15.5. The quantitative estimate of drug-likeness (QED) is 0.776. The number of thiophene rings is 1. The first-order chi connectivity index (χ1) is 9.89. The highest BCUT2D eigenvalue weighted by Crippen LogP contribution is 2.30. The molecule has 10 heteroatoms. The van der Waals surface area contributed by atoms with E-state index in [9.17, 15) is 13.2 Å². The number of carboxylic acid groups (broad SMARTS) is 1. The Morgan fingerprint density at radius 2 is 2.23 bits per heavy atom. The lowest BCUT2D eigenvalue weighted by Crippen LogP contribution is -2.43. The second-order valence-corrected chi connectivity index (χ2v) is 8.83. The van der Waals surface area contributed by atoms with Gasteiger partial charge in [0.15, 0.2) is 0 Å². The van der Waals surface area contributed by atoms with Gasteiger partial charge in [-0.15, -0.1) is 23.7 Å². The van der Waals surface area contributed by atoms with E-state index in [0.717, 1.165) is 24.2 Å². The van der Waals surface area contributed by atoms with Crippen molar-refractivity contribution in [2.24, 2.45) is 5.92 Å². The predicted molar refractivity (Wildman–Crippen MR) is 88.6 cm³/mol. The third kappa shape index (κ3) is 5.07. The number of carboxylic acids is 1. The summed E-state index contributed by atoms with van der Waals surface area (Å²) in [6.45, 7) is 1.30. The first-order valence-corrected chi connectivity index (χ1v) is 9.21. The maximum atomic E-state index is 12.5. The minimum absolute atomic E-state index is 0. The monoisotopic (exact) mass is 388 g/mol. The smallest absolute Gasteiger partial charge is 0.317 e. The van der Waals surface area contributed by atoms with E-state index in [1.54, 1.807) is 6.07 Å². The molecule has 1 saturated heterocycles. The molecule has 1 aromatic heterocycles. The number of carbonyl (C=O) groups is 1. The van der Waals surface area contributed by atoms with Crippen molar-refractivity contribution in [3.05, 3.63) is 16.5 Å². The lowest BCUT2D eigenvalue weighted by molar-refractivity contribution is -0.136. The van der Waals surface area contributed by atoms with Crippen LogP contribution < -0.4 is 5.32 Å². The highest BCUT2D eigenvalue weighted by molar-refractivity contribution is 7.91. The van der Waals surface area contributed by atoms with Gasteiger partial charge in [0.05, 0.1) is 10.9 Å². The molecule has 2 rings (SSSR count). The van der Waals surface area contributed by atoms with E-state index in [-0.39, 0.29) is 29.1 Å². The molecule has 2 heterocycles. The summed E-state index contributed by atoms with van der Waals surface area (Å²) in [6.07, 6.45) is 1.67. The predicted octanol–water partition coefficient (Wildman–Crippen LogP) is 1.90. The van der Waals surface area contributed by atoms with Gasteiger partial charge in [-0.2, -0.15) is 4.31 Å². The molecule has 1 unspecified atom stereocenters. The number of nitrogens with one attached hydrogen (secondary N) is 1. The summed E-state index contributed by atoms with van der Waals surface area (Å²) >= 11 is 6.86. The lowest BCUT2D eigenvalue weighted by Gasteiger charge is -2.31. The molecule has 1 atom stereocenters. The van der Waals surface area contributed by atoms with Crippen LogP contribution in [0.15, 0.2) is 16.3 Å². The fourth-order valence-corrected chi connectivity index (χ4v) is 5.55. The number of sulfonamides is 1. The second-order valence-electron chi connectivity index (χ2n) is 4.95. The molecule has 0 aliphatic carbocycles. The first kappa shape index (κ1) is 19.7. The van der Waals surface area contributed by atoms with E-state index in [1.165, 1.54) is 10.4 Å². The molecule has 1 aliphatic heterocycles. The van der Waals surface area contributed by atoms with Crippen molar-refractivity contribution >= 4 is 51.3 Å². The summed E-state index contributed by atoms with van der Waals surface area (Å²) in [5, 5.41) is 11.4. The van der Waals surface area contributed by atoms with Gasteiger partial charge in [0.1, 0.15) is 4.21 Å². The van der Waals surface area contributed by atoms with Crippen molar-refractivity contribution in [1.29, 1.82) is 0 Å². The second kappa shape index (κ2) is 8.47. The van der Waals surface area contributed by atoms with Crippen molar-refractivity contribution < 1.29 is 18.3 Å². The minimum Gasteiger partial charge on any atom is -0.480 e. The summed E-state index contributed by atoms with van der Waals surface area (Å²) in [5.41, 5.74) is 0. The first-order valence-electron chi connectivity index (χ1n) is 6.57. The Morgan fingerprint density at radius 1 is 1.50 bits per heavy atom. The number of nitrogens with zero attached hydrogens (tertiary/aromatic N) is 1. The largest absolute Gasteiger partial charge is 0.480 e. The van der Waals surface area contributed by atoms with Gasteiger partial charge in [0, 0.05) is 13.1 Å². The van der Waals surface area contributed by atoms with Gasteiger partial charge in [-0.1, -0.05) is 11.6 Å².